The molecule has 7 nitrogen and oxygen atoms in total. The van der Waals surface area contributed by atoms with Crippen LogP contribution in [0.5, 0.6) is 0 Å². The van der Waals surface area contributed by atoms with Crippen LogP contribution in [-0.4, -0.2) is 42.1 Å². The van der Waals surface area contributed by atoms with Crippen LogP contribution >= 0.6 is 0 Å². The molecule has 0 radical (unpaired) electrons. The first-order valence-electron chi connectivity index (χ1n) is 6.56. The van der Waals surface area contributed by atoms with Gasteiger partial charge < -0.3 is 4.74 Å². The van der Waals surface area contributed by atoms with Crippen molar-refractivity contribution in [3.05, 3.63) is 0 Å². The molecule has 3 amide bonds. The lowest BCUT2D eigenvalue weighted by Gasteiger charge is -2.23. The average molecular weight is 271 g/mol. The second-order valence-corrected chi connectivity index (χ2v) is 4.50. The zero-order valence-corrected chi connectivity index (χ0v) is 11.4. The van der Waals surface area contributed by atoms with Gasteiger partial charge in [0, 0.05) is 13.5 Å². The lowest BCUT2D eigenvalue weighted by molar-refractivity contribution is -0.132. The van der Waals surface area contributed by atoms with Crippen molar-refractivity contribution in [2.45, 2.75) is 45.6 Å². The van der Waals surface area contributed by atoms with E-state index in [1.54, 1.807) is 0 Å². The number of amides is 3. The van der Waals surface area contributed by atoms with Crippen LogP contribution in [-0.2, 0) is 14.3 Å². The van der Waals surface area contributed by atoms with Crippen LogP contribution in [0.3, 0.4) is 0 Å². The summed E-state index contributed by atoms with van der Waals surface area (Å²) in [6.07, 6.45) is 2.58. The monoisotopic (exact) mass is 271 g/mol. The minimum absolute atomic E-state index is 0.362. The number of nitrogens with zero attached hydrogens (tertiary/aromatic N) is 1. The lowest BCUT2D eigenvalue weighted by atomic mass is 10.2. The molecule has 0 spiro atoms. The molecular weight excluding hydrogens is 250 g/mol. The highest BCUT2D eigenvalue weighted by Gasteiger charge is 2.32. The Hall–Kier alpha value is -1.63. The first kappa shape index (κ1) is 15.4. The van der Waals surface area contributed by atoms with Gasteiger partial charge in [-0.25, -0.2) is 9.80 Å². The molecule has 0 saturated carbocycles. The Kier molecular flexibility index (Phi) is 6.27. The van der Waals surface area contributed by atoms with Crippen molar-refractivity contribution in [2.24, 2.45) is 0 Å². The van der Waals surface area contributed by atoms with Gasteiger partial charge in [-0.1, -0.05) is 13.3 Å². The minimum Gasteiger partial charge on any atom is -0.449 e. The molecular formula is C12H21N3O4. The molecule has 0 bridgehead atoms. The van der Waals surface area contributed by atoms with Crippen molar-refractivity contribution >= 4 is 17.9 Å². The van der Waals surface area contributed by atoms with E-state index in [9.17, 15) is 14.4 Å². The maximum Gasteiger partial charge on any atom is 0.421 e. The first-order valence-corrected chi connectivity index (χ1v) is 6.56. The second-order valence-electron chi connectivity index (χ2n) is 4.50. The number of carbonyl (C=O) groups excluding carboxylic acids is 3. The maximum atomic E-state index is 11.7. The number of ether oxygens (including phenoxy) is 1. The predicted molar refractivity (Wildman–Crippen MR) is 67.9 cm³/mol. The van der Waals surface area contributed by atoms with Crippen molar-refractivity contribution in [3.63, 3.8) is 0 Å². The quantitative estimate of drug-likeness (QED) is 0.713. The van der Waals surface area contributed by atoms with Gasteiger partial charge in [-0.15, -0.1) is 0 Å². The Morgan fingerprint density at radius 3 is 2.74 bits per heavy atom. The van der Waals surface area contributed by atoms with E-state index in [0.717, 1.165) is 19.3 Å². The van der Waals surface area contributed by atoms with E-state index in [1.807, 2.05) is 6.92 Å². The summed E-state index contributed by atoms with van der Waals surface area (Å²) in [6.45, 7) is 4.22. The molecule has 1 aliphatic heterocycles. The van der Waals surface area contributed by atoms with Crippen molar-refractivity contribution in [2.75, 3.05) is 13.2 Å². The third-order valence-corrected chi connectivity index (χ3v) is 2.82. The maximum absolute atomic E-state index is 11.7. The fourth-order valence-electron chi connectivity index (χ4n) is 1.89. The van der Waals surface area contributed by atoms with Gasteiger partial charge in [0.15, 0.2) is 0 Å². The van der Waals surface area contributed by atoms with Crippen LogP contribution in [0.1, 0.15) is 39.5 Å². The Labute approximate surface area is 112 Å². The second kappa shape index (κ2) is 7.73. The smallest absolute Gasteiger partial charge is 0.421 e. The lowest BCUT2D eigenvalue weighted by Crippen LogP contribution is -2.52. The fourth-order valence-corrected chi connectivity index (χ4v) is 1.89. The van der Waals surface area contributed by atoms with E-state index in [2.05, 4.69) is 10.7 Å². The molecule has 1 fully saturated rings. The third kappa shape index (κ3) is 5.25. The summed E-state index contributed by atoms with van der Waals surface area (Å²) in [4.78, 5) is 34.1. The van der Waals surface area contributed by atoms with Gasteiger partial charge in [0.05, 0.1) is 6.61 Å². The van der Waals surface area contributed by atoms with Crippen LogP contribution in [0.25, 0.3) is 0 Å². The van der Waals surface area contributed by atoms with Crippen molar-refractivity contribution in [1.29, 1.82) is 0 Å². The Morgan fingerprint density at radius 1 is 1.37 bits per heavy atom. The average Bonchev–Trinajstić information content (AvgIpc) is 2.76. The summed E-state index contributed by atoms with van der Waals surface area (Å²) in [5.74, 6) is -0.791. The number of hydrogen-bond donors (Lipinski definition) is 2. The van der Waals surface area contributed by atoms with Crippen LogP contribution in [0, 0.1) is 0 Å². The third-order valence-electron chi connectivity index (χ3n) is 2.82. The molecule has 1 atom stereocenters. The Bertz CT molecular complexity index is 346. The molecule has 0 aliphatic carbocycles. The minimum atomic E-state index is -0.559. The standard InChI is InChI=1S/C12H21N3O4/c1-3-4-8-19-12(18)14-15-7-5-6-10(15)11(17)13-9(2)16/h10H,3-8H2,1-2H3,(H,14,18)(H,13,16,17). The number of rotatable bonds is 5. The number of hydrogen-bond acceptors (Lipinski definition) is 5. The fraction of sp³-hybridized carbons (Fsp3) is 0.750. The molecule has 0 aromatic carbocycles. The van der Waals surface area contributed by atoms with Crippen LogP contribution in [0.4, 0.5) is 4.79 Å². The van der Waals surface area contributed by atoms with Gasteiger partial charge in [-0.05, 0) is 19.3 Å². The molecule has 1 rings (SSSR count). The van der Waals surface area contributed by atoms with E-state index in [-0.39, 0.29) is 5.91 Å². The summed E-state index contributed by atoms with van der Waals surface area (Å²) >= 11 is 0. The van der Waals surface area contributed by atoms with Crippen molar-refractivity contribution < 1.29 is 19.1 Å². The van der Waals surface area contributed by atoms with E-state index < -0.39 is 18.0 Å². The number of nitrogens with one attached hydrogen (secondary N) is 2. The van der Waals surface area contributed by atoms with Crippen LogP contribution in [0.2, 0.25) is 0 Å². The van der Waals surface area contributed by atoms with Crippen LogP contribution in [0.15, 0.2) is 0 Å². The van der Waals surface area contributed by atoms with Gasteiger partial charge in [0.25, 0.3) is 0 Å². The van der Waals surface area contributed by atoms with E-state index >= 15 is 0 Å². The molecule has 0 aromatic heterocycles. The largest absolute Gasteiger partial charge is 0.449 e. The molecule has 108 valence electrons. The molecule has 1 saturated heterocycles. The van der Waals surface area contributed by atoms with Gasteiger partial charge in [-0.3, -0.25) is 20.3 Å². The molecule has 1 unspecified atom stereocenters. The molecule has 1 heterocycles. The van der Waals surface area contributed by atoms with Gasteiger partial charge in [-0.2, -0.15) is 0 Å². The molecule has 2 N–H and O–H groups in total. The highest BCUT2D eigenvalue weighted by atomic mass is 16.6. The molecule has 0 aromatic rings. The van der Waals surface area contributed by atoms with E-state index in [1.165, 1.54) is 11.9 Å². The van der Waals surface area contributed by atoms with Crippen molar-refractivity contribution in [1.82, 2.24) is 15.8 Å². The number of hydrazine groups is 1. The van der Waals surface area contributed by atoms with Crippen molar-refractivity contribution in [3.8, 4) is 0 Å². The number of carbonyl (C=O) groups is 3. The molecule has 7 heteroatoms. The normalized spacial score (nSPS) is 18.9. The summed E-state index contributed by atoms with van der Waals surface area (Å²) in [5, 5.41) is 3.75. The zero-order chi connectivity index (χ0) is 14.3. The summed E-state index contributed by atoms with van der Waals surface area (Å²) in [5.41, 5.74) is 2.54. The van der Waals surface area contributed by atoms with Gasteiger partial charge in [0.2, 0.25) is 11.8 Å². The van der Waals surface area contributed by atoms with Gasteiger partial charge in [0.1, 0.15) is 6.04 Å². The highest BCUT2D eigenvalue weighted by Crippen LogP contribution is 2.14. The Balaban J connectivity index is 2.41. The van der Waals surface area contributed by atoms with Crippen LogP contribution < -0.4 is 10.7 Å². The number of unbranched alkanes of at least 4 members (excludes halogenated alkanes) is 1. The predicted octanol–water partition coefficient (Wildman–Crippen LogP) is 0.555. The SMILES string of the molecule is CCCCOC(=O)NN1CCCC1C(=O)NC(C)=O. The first-order chi connectivity index (χ1) is 9.04. The molecule has 1 aliphatic rings. The highest BCUT2D eigenvalue weighted by molar-refractivity contribution is 5.96. The van der Waals surface area contributed by atoms with E-state index in [4.69, 9.17) is 4.74 Å². The zero-order valence-electron chi connectivity index (χ0n) is 11.4. The summed E-state index contributed by atoms with van der Waals surface area (Å²) in [7, 11) is 0. The molecule has 19 heavy (non-hydrogen) atoms. The summed E-state index contributed by atoms with van der Waals surface area (Å²) < 4.78 is 4.96. The summed E-state index contributed by atoms with van der Waals surface area (Å²) in [6, 6.07) is -0.511. The Morgan fingerprint density at radius 2 is 2.11 bits per heavy atom. The van der Waals surface area contributed by atoms with Gasteiger partial charge >= 0.3 is 6.09 Å². The number of imide groups is 1. The topological polar surface area (TPSA) is 87.7 Å². The van der Waals surface area contributed by atoms with E-state index in [0.29, 0.717) is 19.6 Å².